The van der Waals surface area contributed by atoms with Gasteiger partial charge in [0, 0.05) is 13.1 Å². The Balaban J connectivity index is 1.56. The number of rotatable bonds is 7. The van der Waals surface area contributed by atoms with Gasteiger partial charge in [-0.05, 0) is 54.0 Å². The van der Waals surface area contributed by atoms with Crippen LogP contribution in [-0.4, -0.2) is 46.4 Å². The number of piperidine rings is 1. The van der Waals surface area contributed by atoms with E-state index in [4.69, 9.17) is 0 Å². The topological polar surface area (TPSA) is 72.8 Å². The minimum Gasteiger partial charge on any atom is -0.508 e. The van der Waals surface area contributed by atoms with Gasteiger partial charge in [-0.3, -0.25) is 10.1 Å². The molecule has 30 heavy (non-hydrogen) atoms. The Morgan fingerprint density at radius 3 is 2.30 bits per heavy atom. The second-order valence-electron chi connectivity index (χ2n) is 8.29. The number of aromatic hydroxyl groups is 1. The first-order chi connectivity index (χ1) is 14.4. The van der Waals surface area contributed by atoms with Gasteiger partial charge in [-0.15, -0.1) is 0 Å². The van der Waals surface area contributed by atoms with E-state index in [9.17, 15) is 15.0 Å². The van der Waals surface area contributed by atoms with Crippen molar-refractivity contribution in [2.75, 3.05) is 13.1 Å². The monoisotopic (exact) mass is 408 g/mol. The number of amides is 1. The van der Waals surface area contributed by atoms with Crippen LogP contribution in [0.15, 0.2) is 60.7 Å². The number of hydrogen-bond donors (Lipinski definition) is 3. The molecule has 1 fully saturated rings. The first-order valence-electron chi connectivity index (χ1n) is 10.7. The van der Waals surface area contributed by atoms with E-state index in [-0.39, 0.29) is 17.6 Å². The normalized spacial score (nSPS) is 17.4. The highest BCUT2D eigenvalue weighted by molar-refractivity contribution is 5.82. The molecule has 0 radical (unpaired) electrons. The quantitative estimate of drug-likeness (QED) is 0.610. The molecule has 1 heterocycles. The van der Waals surface area contributed by atoms with Gasteiger partial charge in [-0.25, -0.2) is 0 Å². The highest BCUT2D eigenvalue weighted by Gasteiger charge is 2.31. The van der Waals surface area contributed by atoms with Crippen LogP contribution in [0.2, 0.25) is 0 Å². The Hall–Kier alpha value is -2.63. The molecule has 1 saturated heterocycles. The van der Waals surface area contributed by atoms with Gasteiger partial charge in [0.25, 0.3) is 0 Å². The van der Waals surface area contributed by atoms with E-state index in [0.29, 0.717) is 19.0 Å². The summed E-state index contributed by atoms with van der Waals surface area (Å²) in [5.74, 6) is 0.782. The van der Waals surface area contributed by atoms with Gasteiger partial charge < -0.3 is 15.1 Å². The van der Waals surface area contributed by atoms with E-state index in [1.807, 2.05) is 67.3 Å². The maximum atomic E-state index is 13.1. The molecule has 2 aromatic rings. The summed E-state index contributed by atoms with van der Waals surface area (Å²) in [6.07, 6.45) is 4.43. The van der Waals surface area contributed by atoms with Gasteiger partial charge in [0.2, 0.25) is 5.91 Å². The van der Waals surface area contributed by atoms with Crippen molar-refractivity contribution in [3.63, 3.8) is 0 Å². The van der Waals surface area contributed by atoms with E-state index in [2.05, 4.69) is 5.32 Å². The predicted molar refractivity (Wildman–Crippen MR) is 120 cm³/mol. The first-order valence-corrected chi connectivity index (χ1v) is 10.7. The smallest absolute Gasteiger partial charge is 0.240 e. The zero-order chi connectivity index (χ0) is 21.5. The lowest BCUT2D eigenvalue weighted by Crippen LogP contribution is -2.53. The highest BCUT2D eigenvalue weighted by atomic mass is 16.3. The number of carbonyl (C=O) groups is 1. The van der Waals surface area contributed by atoms with Crippen LogP contribution in [0.4, 0.5) is 0 Å². The highest BCUT2D eigenvalue weighted by Crippen LogP contribution is 2.29. The largest absolute Gasteiger partial charge is 0.508 e. The number of carbonyl (C=O) groups excluding carboxylic acids is 1. The van der Waals surface area contributed by atoms with Crippen LogP contribution in [0.25, 0.3) is 6.08 Å². The number of aliphatic hydroxyl groups is 1. The van der Waals surface area contributed by atoms with E-state index < -0.39 is 12.3 Å². The maximum Gasteiger partial charge on any atom is 0.240 e. The Labute approximate surface area is 179 Å². The number of phenols is 1. The van der Waals surface area contributed by atoms with E-state index in [0.717, 1.165) is 18.4 Å². The van der Waals surface area contributed by atoms with Gasteiger partial charge in [-0.1, -0.05) is 62.4 Å². The van der Waals surface area contributed by atoms with Crippen molar-refractivity contribution in [2.24, 2.45) is 5.92 Å². The van der Waals surface area contributed by atoms with Crippen LogP contribution in [0.5, 0.6) is 5.75 Å². The zero-order valence-electron chi connectivity index (χ0n) is 17.7. The molecular formula is C25H32N2O3. The maximum absolute atomic E-state index is 13.1. The first kappa shape index (κ1) is 22.1. The third-order valence-corrected chi connectivity index (χ3v) is 5.72. The summed E-state index contributed by atoms with van der Waals surface area (Å²) in [4.78, 5) is 15.0. The van der Waals surface area contributed by atoms with E-state index in [1.165, 1.54) is 5.56 Å². The van der Waals surface area contributed by atoms with Crippen molar-refractivity contribution in [3.8, 4) is 5.75 Å². The molecule has 2 atom stereocenters. The lowest BCUT2D eigenvalue weighted by atomic mass is 9.89. The molecule has 5 nitrogen and oxygen atoms in total. The van der Waals surface area contributed by atoms with E-state index >= 15 is 0 Å². The van der Waals surface area contributed by atoms with Crippen LogP contribution in [-0.2, 0) is 4.79 Å². The molecule has 5 heteroatoms. The molecule has 0 bridgehead atoms. The summed E-state index contributed by atoms with van der Waals surface area (Å²) in [6, 6.07) is 16.7. The van der Waals surface area contributed by atoms with Crippen LogP contribution in [0, 0.1) is 5.92 Å². The molecule has 2 aromatic carbocycles. The molecule has 3 rings (SSSR count). The number of benzene rings is 2. The lowest BCUT2D eigenvalue weighted by Gasteiger charge is -2.36. The van der Waals surface area contributed by atoms with Gasteiger partial charge in [-0.2, -0.15) is 0 Å². The number of nitrogens with zero attached hydrogens (tertiary/aromatic N) is 1. The van der Waals surface area contributed by atoms with Crippen molar-refractivity contribution in [2.45, 2.75) is 44.9 Å². The van der Waals surface area contributed by atoms with E-state index in [1.54, 1.807) is 18.2 Å². The Kier molecular flexibility index (Phi) is 7.66. The third-order valence-electron chi connectivity index (χ3n) is 5.72. The molecule has 3 N–H and O–H groups in total. The molecule has 1 amide bonds. The molecule has 0 aliphatic carbocycles. The minimum absolute atomic E-state index is 0.0429. The van der Waals surface area contributed by atoms with Crippen LogP contribution < -0.4 is 5.32 Å². The SMILES string of the molecule is CC(C)[C@@H](NC(O)/C=C/c1ccccc1)C(=O)N1CCC(c2ccc(O)cc2)CC1. The third kappa shape index (κ3) is 5.94. The summed E-state index contributed by atoms with van der Waals surface area (Å²) >= 11 is 0. The standard InChI is InChI=1S/C25H32N2O3/c1-18(2)24(26-23(29)13-8-19-6-4-3-5-7-19)25(30)27-16-14-21(15-17-27)20-9-11-22(28)12-10-20/h3-13,18,21,23-24,26,28-29H,14-17H2,1-2H3/b13-8+/t23?,24-/m1/s1. The predicted octanol–water partition coefficient (Wildman–Crippen LogP) is 3.74. The van der Waals surface area contributed by atoms with Crippen molar-refractivity contribution in [1.29, 1.82) is 0 Å². The van der Waals surface area contributed by atoms with Crippen molar-refractivity contribution < 1.29 is 15.0 Å². The summed E-state index contributed by atoms with van der Waals surface area (Å²) in [7, 11) is 0. The van der Waals surface area contributed by atoms with Crippen LogP contribution in [0.1, 0.15) is 43.7 Å². The molecule has 160 valence electrons. The fourth-order valence-electron chi connectivity index (χ4n) is 3.93. The number of nitrogens with one attached hydrogen (secondary N) is 1. The fourth-order valence-corrected chi connectivity index (χ4v) is 3.93. The summed E-state index contributed by atoms with van der Waals surface area (Å²) in [5.41, 5.74) is 2.21. The minimum atomic E-state index is -0.893. The van der Waals surface area contributed by atoms with Crippen LogP contribution in [0.3, 0.4) is 0 Å². The Bertz CT molecular complexity index is 825. The molecule has 0 aromatic heterocycles. The average Bonchev–Trinajstić information content (AvgIpc) is 2.77. The average molecular weight is 409 g/mol. The Morgan fingerprint density at radius 2 is 1.70 bits per heavy atom. The van der Waals surface area contributed by atoms with Crippen LogP contribution >= 0.6 is 0 Å². The summed E-state index contributed by atoms with van der Waals surface area (Å²) in [6.45, 7) is 5.38. The van der Waals surface area contributed by atoms with Crippen molar-refractivity contribution in [3.05, 3.63) is 71.8 Å². The fraction of sp³-hybridized carbons (Fsp3) is 0.400. The number of phenolic OH excluding ortho intramolecular Hbond substituents is 1. The number of likely N-dealkylation sites (tertiary alicyclic amines) is 1. The number of hydrogen-bond acceptors (Lipinski definition) is 4. The molecular weight excluding hydrogens is 376 g/mol. The molecule has 1 aliphatic heterocycles. The van der Waals surface area contributed by atoms with Crippen molar-refractivity contribution in [1.82, 2.24) is 10.2 Å². The second-order valence-corrected chi connectivity index (χ2v) is 8.29. The molecule has 0 saturated carbocycles. The summed E-state index contributed by atoms with van der Waals surface area (Å²) < 4.78 is 0. The second kappa shape index (κ2) is 10.4. The zero-order valence-corrected chi connectivity index (χ0v) is 17.7. The van der Waals surface area contributed by atoms with Gasteiger partial charge >= 0.3 is 0 Å². The summed E-state index contributed by atoms with van der Waals surface area (Å²) in [5, 5.41) is 23.0. The molecule has 0 spiro atoms. The van der Waals surface area contributed by atoms with Gasteiger partial charge in [0.1, 0.15) is 12.0 Å². The van der Waals surface area contributed by atoms with Gasteiger partial charge in [0.05, 0.1) is 6.04 Å². The van der Waals surface area contributed by atoms with Gasteiger partial charge in [0.15, 0.2) is 0 Å². The molecule has 1 aliphatic rings. The molecule has 1 unspecified atom stereocenters. The van der Waals surface area contributed by atoms with Crippen molar-refractivity contribution >= 4 is 12.0 Å². The number of aliphatic hydroxyl groups excluding tert-OH is 1. The Morgan fingerprint density at radius 1 is 1.07 bits per heavy atom. The lowest BCUT2D eigenvalue weighted by molar-refractivity contribution is -0.136.